The van der Waals surface area contributed by atoms with E-state index in [0.29, 0.717) is 29.3 Å². The Labute approximate surface area is 125 Å². The summed E-state index contributed by atoms with van der Waals surface area (Å²) in [6, 6.07) is 3.54. The zero-order valence-corrected chi connectivity index (χ0v) is 14.0. The summed E-state index contributed by atoms with van der Waals surface area (Å²) in [5, 5.41) is 0.611. The molecule has 4 nitrogen and oxygen atoms in total. The molecule has 112 valence electrons. The van der Waals surface area contributed by atoms with Gasteiger partial charge in [0.25, 0.3) is 0 Å². The summed E-state index contributed by atoms with van der Waals surface area (Å²) >= 11 is 1.83. The van der Waals surface area contributed by atoms with Gasteiger partial charge in [0.2, 0.25) is 10.0 Å². The fourth-order valence-corrected chi connectivity index (χ4v) is 6.14. The lowest BCUT2D eigenvalue weighted by Crippen LogP contribution is -2.44. The molecule has 1 aliphatic heterocycles. The van der Waals surface area contributed by atoms with Crippen molar-refractivity contribution in [2.24, 2.45) is 0 Å². The quantitative estimate of drug-likeness (QED) is 0.852. The second-order valence-electron chi connectivity index (χ2n) is 5.51. The van der Waals surface area contributed by atoms with E-state index in [1.165, 1.54) is 0 Å². The van der Waals surface area contributed by atoms with Crippen LogP contribution in [0.15, 0.2) is 17.0 Å². The maximum absolute atomic E-state index is 12.9. The molecule has 2 unspecified atom stereocenters. The Kier molecular flexibility index (Phi) is 4.37. The van der Waals surface area contributed by atoms with Gasteiger partial charge in [-0.1, -0.05) is 19.9 Å². The lowest BCUT2D eigenvalue weighted by molar-refractivity contribution is 0.405. The van der Waals surface area contributed by atoms with Crippen LogP contribution in [0.1, 0.15) is 25.0 Å². The number of nitrogens with two attached hydrogens (primary N) is 1. The van der Waals surface area contributed by atoms with Crippen molar-refractivity contribution in [3.05, 3.63) is 23.3 Å². The summed E-state index contributed by atoms with van der Waals surface area (Å²) in [6.07, 6.45) is 0. The summed E-state index contributed by atoms with van der Waals surface area (Å²) in [6.45, 7) is 8.95. The number of sulfonamides is 1. The van der Waals surface area contributed by atoms with Gasteiger partial charge in [-0.25, -0.2) is 8.42 Å². The molecule has 1 heterocycles. The molecule has 0 radical (unpaired) electrons. The third kappa shape index (κ3) is 2.82. The molecule has 0 amide bonds. The van der Waals surface area contributed by atoms with Gasteiger partial charge in [0.05, 0.1) is 5.69 Å². The first-order valence-corrected chi connectivity index (χ1v) is 9.13. The van der Waals surface area contributed by atoms with E-state index >= 15 is 0 Å². The third-order valence-electron chi connectivity index (χ3n) is 3.69. The Hall–Kier alpha value is -0.720. The van der Waals surface area contributed by atoms with Crippen LogP contribution in [0, 0.1) is 13.8 Å². The highest BCUT2D eigenvalue weighted by Gasteiger charge is 2.34. The number of nitrogens with zero attached hydrogens (tertiary/aromatic N) is 1. The summed E-state index contributed by atoms with van der Waals surface area (Å²) in [5.41, 5.74) is 7.98. The fourth-order valence-electron chi connectivity index (χ4n) is 2.61. The molecule has 2 rings (SSSR count). The van der Waals surface area contributed by atoms with Crippen LogP contribution in [-0.2, 0) is 10.0 Å². The molecular weight excluding hydrogens is 292 g/mol. The Bertz CT molecular complexity index is 604. The number of nitrogen functional groups attached to an aromatic ring is 1. The Morgan fingerprint density at radius 3 is 2.30 bits per heavy atom. The van der Waals surface area contributed by atoms with Crippen LogP contribution in [-0.4, -0.2) is 36.3 Å². The number of hydrogen-bond donors (Lipinski definition) is 1. The van der Waals surface area contributed by atoms with E-state index in [0.717, 1.165) is 11.1 Å². The molecule has 0 aliphatic carbocycles. The highest BCUT2D eigenvalue weighted by Crippen LogP contribution is 2.33. The van der Waals surface area contributed by atoms with E-state index in [1.54, 1.807) is 10.4 Å². The normalized spacial score (nSPS) is 24.8. The van der Waals surface area contributed by atoms with Crippen molar-refractivity contribution in [3.63, 3.8) is 0 Å². The largest absolute Gasteiger partial charge is 0.398 e. The zero-order chi connectivity index (χ0) is 15.1. The second kappa shape index (κ2) is 5.58. The molecule has 6 heteroatoms. The van der Waals surface area contributed by atoms with Gasteiger partial charge < -0.3 is 5.73 Å². The average Bonchev–Trinajstić information content (AvgIpc) is 2.33. The smallest absolute Gasteiger partial charge is 0.245 e. The molecule has 0 aromatic heterocycles. The van der Waals surface area contributed by atoms with E-state index in [1.807, 2.05) is 31.7 Å². The molecule has 1 fully saturated rings. The van der Waals surface area contributed by atoms with Gasteiger partial charge in [-0.3, -0.25) is 0 Å². The molecule has 0 spiro atoms. The third-order valence-corrected chi connectivity index (χ3v) is 6.95. The van der Waals surface area contributed by atoms with Gasteiger partial charge in [-0.05, 0) is 31.0 Å². The van der Waals surface area contributed by atoms with Crippen LogP contribution in [0.25, 0.3) is 0 Å². The fraction of sp³-hybridized carbons (Fsp3) is 0.571. The summed E-state index contributed by atoms with van der Waals surface area (Å²) < 4.78 is 27.4. The van der Waals surface area contributed by atoms with Gasteiger partial charge in [-0.2, -0.15) is 16.1 Å². The monoisotopic (exact) mass is 314 g/mol. The number of anilines is 1. The van der Waals surface area contributed by atoms with E-state index in [4.69, 9.17) is 5.73 Å². The molecule has 1 saturated heterocycles. The lowest BCUT2D eigenvalue weighted by atomic mass is 10.1. The van der Waals surface area contributed by atoms with Crippen LogP contribution in [0.3, 0.4) is 0 Å². The Morgan fingerprint density at radius 1 is 1.20 bits per heavy atom. The van der Waals surface area contributed by atoms with Crippen LogP contribution in [0.4, 0.5) is 5.69 Å². The van der Waals surface area contributed by atoms with Gasteiger partial charge in [0.1, 0.15) is 4.90 Å². The highest BCUT2D eigenvalue weighted by molar-refractivity contribution is 8.00. The molecule has 20 heavy (non-hydrogen) atoms. The number of aryl methyl sites for hydroxylation is 1. The molecular formula is C14H22N2O2S2. The highest BCUT2D eigenvalue weighted by atomic mass is 32.2. The summed E-state index contributed by atoms with van der Waals surface area (Å²) in [4.78, 5) is 0.281. The maximum atomic E-state index is 12.9. The maximum Gasteiger partial charge on any atom is 0.245 e. The Morgan fingerprint density at radius 2 is 1.75 bits per heavy atom. The first-order chi connectivity index (χ1) is 9.23. The van der Waals surface area contributed by atoms with E-state index in [-0.39, 0.29) is 4.90 Å². The van der Waals surface area contributed by atoms with Crippen LogP contribution in [0.2, 0.25) is 0 Å². The first kappa shape index (κ1) is 15.7. The molecule has 2 atom stereocenters. The Balaban J connectivity index is 2.48. The van der Waals surface area contributed by atoms with E-state index < -0.39 is 10.0 Å². The minimum Gasteiger partial charge on any atom is -0.398 e. The van der Waals surface area contributed by atoms with Crippen LogP contribution >= 0.6 is 11.8 Å². The average molecular weight is 314 g/mol. The topological polar surface area (TPSA) is 63.4 Å². The molecule has 1 aliphatic rings. The molecule has 1 aromatic rings. The molecule has 0 bridgehead atoms. The SMILES string of the molecule is Cc1ccc(N)c(S(=O)(=O)N2CC(C)SC(C)C2)c1C. The predicted octanol–water partition coefficient (Wildman–Crippen LogP) is 2.40. The van der Waals surface area contributed by atoms with Gasteiger partial charge >= 0.3 is 0 Å². The number of thioether (sulfide) groups is 1. The predicted molar refractivity (Wildman–Crippen MR) is 85.6 cm³/mol. The van der Waals surface area contributed by atoms with Crippen molar-refractivity contribution in [1.82, 2.24) is 4.31 Å². The molecule has 0 saturated carbocycles. The van der Waals surface area contributed by atoms with Crippen molar-refractivity contribution >= 4 is 27.5 Å². The minimum atomic E-state index is -3.52. The molecule has 1 aromatic carbocycles. The van der Waals surface area contributed by atoms with Gasteiger partial charge in [0.15, 0.2) is 0 Å². The van der Waals surface area contributed by atoms with Gasteiger partial charge in [-0.15, -0.1) is 0 Å². The van der Waals surface area contributed by atoms with Crippen molar-refractivity contribution < 1.29 is 8.42 Å². The zero-order valence-electron chi connectivity index (χ0n) is 12.4. The van der Waals surface area contributed by atoms with Crippen molar-refractivity contribution in [2.45, 2.75) is 43.1 Å². The number of benzene rings is 1. The first-order valence-electron chi connectivity index (χ1n) is 6.74. The van der Waals surface area contributed by atoms with Crippen LogP contribution < -0.4 is 5.73 Å². The van der Waals surface area contributed by atoms with Crippen LogP contribution in [0.5, 0.6) is 0 Å². The van der Waals surface area contributed by atoms with E-state index in [2.05, 4.69) is 13.8 Å². The number of rotatable bonds is 2. The number of hydrogen-bond acceptors (Lipinski definition) is 4. The van der Waals surface area contributed by atoms with Crippen molar-refractivity contribution in [1.29, 1.82) is 0 Å². The second-order valence-corrected chi connectivity index (χ2v) is 9.26. The summed E-state index contributed by atoms with van der Waals surface area (Å²) in [5.74, 6) is 0. The standard InChI is InChI=1S/C14H22N2O2S2/c1-9-5-6-13(15)14(12(9)4)20(17,18)16-7-10(2)19-11(3)8-16/h5-6,10-11H,7-8,15H2,1-4H3. The van der Waals surface area contributed by atoms with Crippen molar-refractivity contribution in [2.75, 3.05) is 18.8 Å². The molecule has 2 N–H and O–H groups in total. The summed E-state index contributed by atoms with van der Waals surface area (Å²) in [7, 11) is -3.52. The minimum absolute atomic E-state index is 0.281. The van der Waals surface area contributed by atoms with E-state index in [9.17, 15) is 8.42 Å². The van der Waals surface area contributed by atoms with Crippen molar-refractivity contribution in [3.8, 4) is 0 Å². The lowest BCUT2D eigenvalue weighted by Gasteiger charge is -2.34. The van der Waals surface area contributed by atoms with Gasteiger partial charge in [0, 0.05) is 23.6 Å².